The molecule has 0 amide bonds. The van der Waals surface area contributed by atoms with Gasteiger partial charge in [-0.3, -0.25) is 0 Å². The second-order valence-electron chi connectivity index (χ2n) is 5.08. The lowest BCUT2D eigenvalue weighted by atomic mass is 9.86. The van der Waals surface area contributed by atoms with E-state index in [4.69, 9.17) is 19.9 Å². The van der Waals surface area contributed by atoms with Crippen molar-refractivity contribution in [2.45, 2.75) is 20.3 Å². The third-order valence-corrected chi connectivity index (χ3v) is 2.96. The first-order valence-electron chi connectivity index (χ1n) is 5.96. The fraction of sp³-hybridized carbons (Fsp3) is 0.571. The van der Waals surface area contributed by atoms with Crippen molar-refractivity contribution in [3.05, 3.63) is 17.7 Å². The van der Waals surface area contributed by atoms with Gasteiger partial charge in [-0.2, -0.15) is 0 Å². The normalized spacial score (nSPS) is 11.2. The average Bonchev–Trinajstić information content (AvgIpc) is 2.37. The quantitative estimate of drug-likeness (QED) is 0.844. The third kappa shape index (κ3) is 3.29. The monoisotopic (exact) mass is 253 g/mol. The summed E-state index contributed by atoms with van der Waals surface area (Å²) in [5.41, 5.74) is 6.94. The molecule has 0 fully saturated rings. The van der Waals surface area contributed by atoms with E-state index in [1.54, 1.807) is 21.3 Å². The molecule has 0 aliphatic heterocycles. The molecule has 0 unspecified atom stereocenters. The number of ether oxygens (including phenoxy) is 3. The van der Waals surface area contributed by atoms with Crippen molar-refractivity contribution in [3.63, 3.8) is 0 Å². The highest BCUT2D eigenvalue weighted by Crippen LogP contribution is 2.39. The summed E-state index contributed by atoms with van der Waals surface area (Å²) in [6.45, 7) is 4.90. The molecule has 0 heterocycles. The van der Waals surface area contributed by atoms with Crippen LogP contribution in [-0.4, -0.2) is 27.9 Å². The molecule has 4 heteroatoms. The molecule has 1 aromatic rings. The third-order valence-electron chi connectivity index (χ3n) is 2.96. The van der Waals surface area contributed by atoms with Crippen LogP contribution in [-0.2, 0) is 6.42 Å². The van der Waals surface area contributed by atoms with E-state index in [0.29, 0.717) is 23.8 Å². The number of nitrogens with two attached hydrogens (primary N) is 1. The van der Waals surface area contributed by atoms with Crippen LogP contribution < -0.4 is 19.9 Å². The zero-order valence-corrected chi connectivity index (χ0v) is 11.9. The lowest BCUT2D eigenvalue weighted by Crippen LogP contribution is -2.25. The largest absolute Gasteiger partial charge is 0.493 e. The summed E-state index contributed by atoms with van der Waals surface area (Å²) < 4.78 is 16.0. The van der Waals surface area contributed by atoms with Crippen LogP contribution in [0, 0.1) is 5.41 Å². The summed E-state index contributed by atoms with van der Waals surface area (Å²) in [7, 11) is 4.84. The van der Waals surface area contributed by atoms with Crippen LogP contribution in [0.15, 0.2) is 12.1 Å². The van der Waals surface area contributed by atoms with Crippen molar-refractivity contribution in [2.75, 3.05) is 27.9 Å². The molecule has 4 nitrogen and oxygen atoms in total. The Kier molecular flexibility index (Phi) is 4.84. The Labute approximate surface area is 109 Å². The summed E-state index contributed by atoms with van der Waals surface area (Å²) in [6, 6.07) is 3.94. The Bertz CT molecular complexity index is 377. The molecular weight excluding hydrogens is 230 g/mol. The highest BCUT2D eigenvalue weighted by atomic mass is 16.5. The Balaban J connectivity index is 3.15. The second kappa shape index (κ2) is 5.96. The lowest BCUT2D eigenvalue weighted by molar-refractivity contribution is 0.321. The standard InChI is InChI=1S/C14H23NO3/c1-14(2,9-15)8-10-6-11(16-3)13(18-5)12(7-10)17-4/h6-7H,8-9,15H2,1-5H3. The van der Waals surface area contributed by atoms with Crippen LogP contribution in [0.1, 0.15) is 19.4 Å². The number of methoxy groups -OCH3 is 3. The minimum atomic E-state index is 0.0462. The number of rotatable bonds is 6. The van der Waals surface area contributed by atoms with Crippen molar-refractivity contribution in [2.24, 2.45) is 11.1 Å². The first-order chi connectivity index (χ1) is 8.47. The summed E-state index contributed by atoms with van der Waals surface area (Å²) in [4.78, 5) is 0. The fourth-order valence-corrected chi connectivity index (χ4v) is 1.86. The zero-order chi connectivity index (χ0) is 13.8. The fourth-order valence-electron chi connectivity index (χ4n) is 1.86. The van der Waals surface area contributed by atoms with Crippen molar-refractivity contribution >= 4 is 0 Å². The smallest absolute Gasteiger partial charge is 0.203 e. The van der Waals surface area contributed by atoms with Gasteiger partial charge in [-0.15, -0.1) is 0 Å². The number of hydrogen-bond acceptors (Lipinski definition) is 4. The van der Waals surface area contributed by atoms with E-state index in [2.05, 4.69) is 13.8 Å². The van der Waals surface area contributed by atoms with Gasteiger partial charge in [-0.25, -0.2) is 0 Å². The summed E-state index contributed by atoms with van der Waals surface area (Å²) in [5.74, 6) is 1.98. The van der Waals surface area contributed by atoms with Gasteiger partial charge in [0.05, 0.1) is 21.3 Å². The van der Waals surface area contributed by atoms with E-state index in [1.165, 1.54) is 0 Å². The predicted molar refractivity (Wildman–Crippen MR) is 72.6 cm³/mol. The van der Waals surface area contributed by atoms with E-state index in [0.717, 1.165) is 12.0 Å². The molecule has 0 aliphatic carbocycles. The van der Waals surface area contributed by atoms with Gasteiger partial charge < -0.3 is 19.9 Å². The number of hydrogen-bond donors (Lipinski definition) is 1. The van der Waals surface area contributed by atoms with Gasteiger partial charge in [-0.1, -0.05) is 13.8 Å². The van der Waals surface area contributed by atoms with E-state index in [9.17, 15) is 0 Å². The molecule has 0 atom stereocenters. The average molecular weight is 253 g/mol. The topological polar surface area (TPSA) is 53.7 Å². The van der Waals surface area contributed by atoms with Gasteiger partial charge in [-0.05, 0) is 36.1 Å². The molecule has 0 saturated heterocycles. The maximum atomic E-state index is 5.76. The van der Waals surface area contributed by atoms with Crippen LogP contribution in [0.25, 0.3) is 0 Å². The highest BCUT2D eigenvalue weighted by molar-refractivity contribution is 5.54. The number of benzene rings is 1. The molecule has 0 aromatic heterocycles. The molecule has 0 radical (unpaired) electrons. The lowest BCUT2D eigenvalue weighted by Gasteiger charge is -2.23. The van der Waals surface area contributed by atoms with Crippen molar-refractivity contribution in [1.82, 2.24) is 0 Å². The van der Waals surface area contributed by atoms with Crippen molar-refractivity contribution in [3.8, 4) is 17.2 Å². The van der Waals surface area contributed by atoms with Gasteiger partial charge in [0.2, 0.25) is 5.75 Å². The van der Waals surface area contributed by atoms with Crippen LogP contribution in [0.3, 0.4) is 0 Å². The van der Waals surface area contributed by atoms with E-state index in [-0.39, 0.29) is 5.41 Å². The molecule has 1 aromatic carbocycles. The molecule has 0 aliphatic rings. The van der Waals surface area contributed by atoms with Crippen LogP contribution in [0.2, 0.25) is 0 Å². The maximum absolute atomic E-state index is 5.76. The second-order valence-corrected chi connectivity index (χ2v) is 5.08. The molecule has 0 spiro atoms. The van der Waals surface area contributed by atoms with Gasteiger partial charge in [0, 0.05) is 0 Å². The summed E-state index contributed by atoms with van der Waals surface area (Å²) >= 11 is 0. The molecular formula is C14H23NO3. The molecule has 0 bridgehead atoms. The Morgan fingerprint density at radius 2 is 1.50 bits per heavy atom. The van der Waals surface area contributed by atoms with E-state index >= 15 is 0 Å². The molecule has 0 saturated carbocycles. The molecule has 2 N–H and O–H groups in total. The van der Waals surface area contributed by atoms with Crippen molar-refractivity contribution < 1.29 is 14.2 Å². The minimum absolute atomic E-state index is 0.0462. The summed E-state index contributed by atoms with van der Waals surface area (Å²) in [5, 5.41) is 0. The highest BCUT2D eigenvalue weighted by Gasteiger charge is 2.19. The van der Waals surface area contributed by atoms with Gasteiger partial charge >= 0.3 is 0 Å². The predicted octanol–water partition coefficient (Wildman–Crippen LogP) is 2.24. The first-order valence-corrected chi connectivity index (χ1v) is 5.96. The summed E-state index contributed by atoms with van der Waals surface area (Å²) in [6.07, 6.45) is 0.861. The van der Waals surface area contributed by atoms with Crippen LogP contribution >= 0.6 is 0 Å². The zero-order valence-electron chi connectivity index (χ0n) is 11.9. The Morgan fingerprint density at radius 3 is 1.83 bits per heavy atom. The minimum Gasteiger partial charge on any atom is -0.493 e. The van der Waals surface area contributed by atoms with Crippen LogP contribution in [0.4, 0.5) is 0 Å². The SMILES string of the molecule is COc1cc(CC(C)(C)CN)cc(OC)c1OC. The van der Waals surface area contributed by atoms with E-state index < -0.39 is 0 Å². The van der Waals surface area contributed by atoms with Gasteiger partial charge in [0.25, 0.3) is 0 Å². The maximum Gasteiger partial charge on any atom is 0.203 e. The van der Waals surface area contributed by atoms with Gasteiger partial charge in [0.15, 0.2) is 11.5 Å². The Morgan fingerprint density at radius 1 is 1.00 bits per heavy atom. The van der Waals surface area contributed by atoms with Crippen LogP contribution in [0.5, 0.6) is 17.2 Å². The first kappa shape index (κ1) is 14.6. The Hall–Kier alpha value is -1.42. The molecule has 102 valence electrons. The molecule has 18 heavy (non-hydrogen) atoms. The van der Waals surface area contributed by atoms with E-state index in [1.807, 2.05) is 12.1 Å². The van der Waals surface area contributed by atoms with Gasteiger partial charge in [0.1, 0.15) is 0 Å². The molecule has 1 rings (SSSR count). The van der Waals surface area contributed by atoms with Crippen molar-refractivity contribution in [1.29, 1.82) is 0 Å².